The molecule has 1 aliphatic rings. The van der Waals surface area contributed by atoms with Crippen molar-refractivity contribution in [2.24, 2.45) is 0 Å². The summed E-state index contributed by atoms with van der Waals surface area (Å²) in [6.45, 7) is 2.16. The van der Waals surface area contributed by atoms with Gasteiger partial charge in [0.15, 0.2) is 0 Å². The van der Waals surface area contributed by atoms with Crippen LogP contribution in [0, 0.1) is 0 Å². The third-order valence-electron chi connectivity index (χ3n) is 3.69. The van der Waals surface area contributed by atoms with Gasteiger partial charge in [0.2, 0.25) is 5.95 Å². The highest BCUT2D eigenvalue weighted by atomic mass is 31.2. The van der Waals surface area contributed by atoms with E-state index in [0.717, 1.165) is 5.56 Å². The van der Waals surface area contributed by atoms with Gasteiger partial charge in [-0.2, -0.15) is 0 Å². The summed E-state index contributed by atoms with van der Waals surface area (Å²) >= 11 is 0. The highest BCUT2D eigenvalue weighted by molar-refractivity contribution is 7.50. The molecule has 23 heavy (non-hydrogen) atoms. The Morgan fingerprint density at radius 1 is 1.04 bits per heavy atom. The van der Waals surface area contributed by atoms with Crippen molar-refractivity contribution in [2.45, 2.75) is 6.61 Å². The predicted octanol–water partition coefficient (Wildman–Crippen LogP) is 1.92. The van der Waals surface area contributed by atoms with Crippen molar-refractivity contribution in [2.75, 3.05) is 31.1 Å². The molecule has 1 aromatic carbocycles. The molecule has 1 saturated heterocycles. The minimum Gasteiger partial charge on any atom is -0.338 e. The molecule has 1 aliphatic heterocycles. The van der Waals surface area contributed by atoms with Gasteiger partial charge in [0.25, 0.3) is 0 Å². The van der Waals surface area contributed by atoms with Gasteiger partial charge in [0.1, 0.15) is 0 Å². The molecular formula is C15H19N4O3P. The second kappa shape index (κ2) is 7.19. The second-order valence-corrected chi connectivity index (χ2v) is 7.04. The summed E-state index contributed by atoms with van der Waals surface area (Å²) in [4.78, 5) is 20.6. The smallest absolute Gasteiger partial charge is 0.338 e. The lowest BCUT2D eigenvalue weighted by atomic mass is 10.2. The van der Waals surface area contributed by atoms with Crippen molar-refractivity contribution in [1.82, 2.24) is 14.6 Å². The van der Waals surface area contributed by atoms with E-state index in [1.165, 1.54) is 4.67 Å². The molecule has 1 N–H and O–H groups in total. The Bertz CT molecular complexity index is 663. The van der Waals surface area contributed by atoms with Crippen LogP contribution in [0.5, 0.6) is 0 Å². The van der Waals surface area contributed by atoms with E-state index in [9.17, 15) is 9.46 Å². The van der Waals surface area contributed by atoms with E-state index >= 15 is 0 Å². The average Bonchev–Trinajstić information content (AvgIpc) is 2.62. The van der Waals surface area contributed by atoms with E-state index in [2.05, 4.69) is 9.97 Å². The summed E-state index contributed by atoms with van der Waals surface area (Å²) < 4.78 is 19.2. The fourth-order valence-electron chi connectivity index (χ4n) is 2.42. The topological polar surface area (TPSA) is 78.8 Å². The van der Waals surface area contributed by atoms with Crippen molar-refractivity contribution in [3.05, 3.63) is 54.4 Å². The van der Waals surface area contributed by atoms with Gasteiger partial charge in [0.05, 0.1) is 6.61 Å². The van der Waals surface area contributed by atoms with Gasteiger partial charge < -0.3 is 9.79 Å². The molecule has 1 atom stereocenters. The maximum Gasteiger partial charge on any atom is 0.406 e. The van der Waals surface area contributed by atoms with E-state index in [1.807, 2.05) is 35.2 Å². The number of piperazine rings is 1. The molecule has 0 radical (unpaired) electrons. The van der Waals surface area contributed by atoms with Crippen LogP contribution in [0.3, 0.4) is 0 Å². The Balaban J connectivity index is 1.55. The maximum atomic E-state index is 12.4. The molecule has 2 aromatic rings. The Morgan fingerprint density at radius 2 is 1.70 bits per heavy atom. The Hall–Kier alpha value is -1.79. The van der Waals surface area contributed by atoms with Crippen LogP contribution in [0.15, 0.2) is 48.8 Å². The second-order valence-electron chi connectivity index (χ2n) is 5.24. The summed E-state index contributed by atoms with van der Waals surface area (Å²) in [5, 5.41) is 0. The van der Waals surface area contributed by atoms with E-state index in [0.29, 0.717) is 32.1 Å². The fraction of sp³-hybridized carbons (Fsp3) is 0.333. The van der Waals surface area contributed by atoms with E-state index in [-0.39, 0.29) is 6.61 Å². The predicted molar refractivity (Wildman–Crippen MR) is 86.9 cm³/mol. The number of nitrogens with zero attached hydrogens (tertiary/aromatic N) is 4. The summed E-state index contributed by atoms with van der Waals surface area (Å²) in [5.74, 6) is 0.644. The Labute approximate surface area is 135 Å². The summed E-state index contributed by atoms with van der Waals surface area (Å²) in [5.41, 5.74) is 0.873. The van der Waals surface area contributed by atoms with Crippen LogP contribution >= 0.6 is 7.75 Å². The van der Waals surface area contributed by atoms with Crippen LogP contribution in [-0.2, 0) is 15.7 Å². The zero-order valence-electron chi connectivity index (χ0n) is 12.7. The van der Waals surface area contributed by atoms with Gasteiger partial charge >= 0.3 is 7.75 Å². The summed E-state index contributed by atoms with van der Waals surface area (Å²) in [6, 6.07) is 11.1. The monoisotopic (exact) mass is 334 g/mol. The molecule has 8 heteroatoms. The number of rotatable bonds is 5. The van der Waals surface area contributed by atoms with E-state index < -0.39 is 7.75 Å². The van der Waals surface area contributed by atoms with Gasteiger partial charge in [-0.15, -0.1) is 0 Å². The fourth-order valence-corrected chi connectivity index (χ4v) is 3.58. The van der Waals surface area contributed by atoms with Gasteiger partial charge in [-0.05, 0) is 11.6 Å². The van der Waals surface area contributed by atoms with Crippen LogP contribution in [0.2, 0.25) is 0 Å². The zero-order chi connectivity index (χ0) is 16.1. The first kappa shape index (κ1) is 16.1. The van der Waals surface area contributed by atoms with Crippen molar-refractivity contribution in [3.63, 3.8) is 0 Å². The van der Waals surface area contributed by atoms with Gasteiger partial charge in [-0.25, -0.2) is 19.2 Å². The molecule has 2 heterocycles. The lowest BCUT2D eigenvalue weighted by Gasteiger charge is -2.35. The molecular weight excluding hydrogens is 315 g/mol. The number of hydrogen-bond donors (Lipinski definition) is 1. The minimum atomic E-state index is -3.79. The summed E-state index contributed by atoms with van der Waals surface area (Å²) in [6.07, 6.45) is 3.38. The standard InChI is InChI=1S/C15H19N4O3P/c20-23(21,22-13-14-5-2-1-3-6-14)19-11-9-18(10-12-19)15-16-7-4-8-17-15/h1-8H,9-13H2,(H,20,21). The quantitative estimate of drug-likeness (QED) is 0.837. The molecule has 0 saturated carbocycles. The van der Waals surface area contributed by atoms with Crippen LogP contribution in [-0.4, -0.2) is 45.7 Å². The van der Waals surface area contributed by atoms with E-state index in [4.69, 9.17) is 4.52 Å². The molecule has 0 amide bonds. The molecule has 1 aromatic heterocycles. The molecule has 3 rings (SSSR count). The van der Waals surface area contributed by atoms with Crippen LogP contribution in [0.1, 0.15) is 5.56 Å². The highest BCUT2D eigenvalue weighted by Gasteiger charge is 2.33. The van der Waals surface area contributed by atoms with Gasteiger partial charge in [-0.1, -0.05) is 30.3 Å². The van der Waals surface area contributed by atoms with E-state index in [1.54, 1.807) is 18.5 Å². The minimum absolute atomic E-state index is 0.122. The van der Waals surface area contributed by atoms with Crippen LogP contribution in [0.4, 0.5) is 5.95 Å². The Kier molecular flexibility index (Phi) is 5.03. The van der Waals surface area contributed by atoms with Crippen molar-refractivity contribution < 1.29 is 14.0 Å². The largest absolute Gasteiger partial charge is 0.406 e. The normalized spacial score (nSPS) is 18.6. The number of anilines is 1. The number of aromatic nitrogens is 2. The lowest BCUT2D eigenvalue weighted by molar-refractivity contribution is 0.189. The van der Waals surface area contributed by atoms with Crippen LogP contribution < -0.4 is 4.90 Å². The average molecular weight is 334 g/mol. The first-order valence-electron chi connectivity index (χ1n) is 7.44. The number of hydrogen-bond acceptors (Lipinski definition) is 5. The molecule has 1 unspecified atom stereocenters. The molecule has 0 spiro atoms. The van der Waals surface area contributed by atoms with Gasteiger partial charge in [0, 0.05) is 38.6 Å². The van der Waals surface area contributed by atoms with Crippen molar-refractivity contribution in [1.29, 1.82) is 0 Å². The van der Waals surface area contributed by atoms with Crippen molar-refractivity contribution in [3.8, 4) is 0 Å². The third-order valence-corrected chi connectivity index (χ3v) is 5.27. The summed E-state index contributed by atoms with van der Waals surface area (Å²) in [7, 11) is -3.79. The SMILES string of the molecule is O=P(O)(OCc1ccccc1)N1CCN(c2ncccn2)CC1. The third kappa shape index (κ3) is 4.14. The maximum absolute atomic E-state index is 12.4. The molecule has 0 aliphatic carbocycles. The number of benzene rings is 1. The highest BCUT2D eigenvalue weighted by Crippen LogP contribution is 2.47. The molecule has 0 bridgehead atoms. The molecule has 1 fully saturated rings. The molecule has 122 valence electrons. The first-order chi connectivity index (χ1) is 11.1. The molecule has 7 nitrogen and oxygen atoms in total. The Morgan fingerprint density at radius 3 is 2.35 bits per heavy atom. The van der Waals surface area contributed by atoms with Crippen LogP contribution in [0.25, 0.3) is 0 Å². The zero-order valence-corrected chi connectivity index (χ0v) is 13.5. The first-order valence-corrected chi connectivity index (χ1v) is 8.97. The van der Waals surface area contributed by atoms with Crippen molar-refractivity contribution >= 4 is 13.7 Å². The van der Waals surface area contributed by atoms with Gasteiger partial charge in [-0.3, -0.25) is 4.52 Å². The lowest BCUT2D eigenvalue weighted by Crippen LogP contribution is -2.45.